The number of pyridine rings is 1. The molecule has 3 rings (SSSR count). The number of nitrogens with zero attached hydrogens (tertiary/aromatic N) is 2. The van der Waals surface area contributed by atoms with Crippen LogP contribution in [0.15, 0.2) is 48.8 Å². The Morgan fingerprint density at radius 1 is 1.32 bits per heavy atom. The highest BCUT2D eigenvalue weighted by Crippen LogP contribution is 2.29. The summed E-state index contributed by atoms with van der Waals surface area (Å²) in [6.45, 7) is 0.600. The van der Waals surface area contributed by atoms with Gasteiger partial charge < -0.3 is 15.0 Å². The Kier molecular flexibility index (Phi) is 4.23. The third-order valence-corrected chi connectivity index (χ3v) is 3.67. The molecule has 1 saturated carbocycles. The van der Waals surface area contributed by atoms with Gasteiger partial charge in [0.15, 0.2) is 0 Å². The molecular formula is C17H19N3O2. The van der Waals surface area contributed by atoms with E-state index in [1.165, 1.54) is 0 Å². The molecule has 114 valence electrons. The first kappa shape index (κ1) is 14.4. The molecule has 0 bridgehead atoms. The van der Waals surface area contributed by atoms with Crippen LogP contribution in [0.5, 0.6) is 5.75 Å². The van der Waals surface area contributed by atoms with Crippen LogP contribution in [0.3, 0.4) is 0 Å². The van der Waals surface area contributed by atoms with Gasteiger partial charge in [0.2, 0.25) is 0 Å². The molecule has 1 aliphatic rings. The molecule has 5 heteroatoms. The zero-order chi connectivity index (χ0) is 15.4. The molecule has 1 heterocycles. The van der Waals surface area contributed by atoms with Gasteiger partial charge in [-0.3, -0.25) is 4.98 Å². The molecule has 1 N–H and O–H groups in total. The molecule has 2 amide bonds. The number of carbonyl (C=O) groups excluding carboxylic acids is 1. The van der Waals surface area contributed by atoms with Gasteiger partial charge in [0.05, 0.1) is 7.11 Å². The van der Waals surface area contributed by atoms with E-state index in [0.717, 1.165) is 29.8 Å². The maximum Gasteiger partial charge on any atom is 0.322 e. The highest BCUT2D eigenvalue weighted by Gasteiger charge is 2.32. The van der Waals surface area contributed by atoms with Gasteiger partial charge in [0.1, 0.15) is 5.75 Å². The van der Waals surface area contributed by atoms with Gasteiger partial charge in [0.25, 0.3) is 0 Å². The summed E-state index contributed by atoms with van der Waals surface area (Å²) in [6, 6.07) is 11.5. The van der Waals surface area contributed by atoms with E-state index in [1.807, 2.05) is 41.3 Å². The van der Waals surface area contributed by atoms with Crippen LogP contribution in [0.1, 0.15) is 18.4 Å². The van der Waals surface area contributed by atoms with Crippen LogP contribution in [0.2, 0.25) is 0 Å². The summed E-state index contributed by atoms with van der Waals surface area (Å²) in [4.78, 5) is 18.5. The molecule has 2 aromatic rings. The fourth-order valence-electron chi connectivity index (χ4n) is 2.33. The number of hydrogen-bond donors (Lipinski definition) is 1. The summed E-state index contributed by atoms with van der Waals surface area (Å²) in [6.07, 6.45) is 5.63. The molecule has 1 aromatic carbocycles. The van der Waals surface area contributed by atoms with E-state index in [2.05, 4.69) is 10.3 Å². The van der Waals surface area contributed by atoms with Crippen molar-refractivity contribution in [2.75, 3.05) is 12.4 Å². The van der Waals surface area contributed by atoms with E-state index in [4.69, 9.17) is 4.74 Å². The number of carbonyl (C=O) groups is 1. The fourth-order valence-corrected chi connectivity index (χ4v) is 2.33. The van der Waals surface area contributed by atoms with Crippen molar-refractivity contribution in [2.45, 2.75) is 25.4 Å². The SMILES string of the molecule is COc1cccc(NC(=O)N(Cc2ccncc2)C2CC2)c1. The monoisotopic (exact) mass is 297 g/mol. The quantitative estimate of drug-likeness (QED) is 0.921. The van der Waals surface area contributed by atoms with Crippen LogP contribution in [0.4, 0.5) is 10.5 Å². The minimum absolute atomic E-state index is 0.0763. The first-order valence-corrected chi connectivity index (χ1v) is 7.37. The second-order valence-electron chi connectivity index (χ2n) is 5.38. The molecule has 1 aromatic heterocycles. The Morgan fingerprint density at radius 3 is 2.77 bits per heavy atom. The minimum atomic E-state index is -0.0763. The third kappa shape index (κ3) is 3.55. The molecular weight excluding hydrogens is 278 g/mol. The van der Waals surface area contributed by atoms with Crippen molar-refractivity contribution in [2.24, 2.45) is 0 Å². The van der Waals surface area contributed by atoms with E-state index >= 15 is 0 Å². The maximum atomic E-state index is 12.6. The zero-order valence-electron chi connectivity index (χ0n) is 12.5. The second kappa shape index (κ2) is 6.47. The van der Waals surface area contributed by atoms with Gasteiger partial charge in [-0.1, -0.05) is 6.07 Å². The fraction of sp³-hybridized carbons (Fsp3) is 0.294. The van der Waals surface area contributed by atoms with Gasteiger partial charge >= 0.3 is 6.03 Å². The number of aromatic nitrogens is 1. The van der Waals surface area contributed by atoms with Gasteiger partial charge in [0, 0.05) is 36.7 Å². The lowest BCUT2D eigenvalue weighted by Gasteiger charge is -2.23. The molecule has 0 spiro atoms. The maximum absolute atomic E-state index is 12.6. The first-order valence-electron chi connectivity index (χ1n) is 7.37. The molecule has 0 aliphatic heterocycles. The Bertz CT molecular complexity index is 641. The number of ether oxygens (including phenoxy) is 1. The van der Waals surface area contributed by atoms with Gasteiger partial charge in [-0.05, 0) is 42.7 Å². The summed E-state index contributed by atoms with van der Waals surface area (Å²) in [5.74, 6) is 0.727. The predicted octanol–water partition coefficient (Wildman–Crippen LogP) is 3.29. The van der Waals surface area contributed by atoms with Crippen molar-refractivity contribution in [1.82, 2.24) is 9.88 Å². The molecule has 0 radical (unpaired) electrons. The lowest BCUT2D eigenvalue weighted by Crippen LogP contribution is -2.36. The van der Waals surface area contributed by atoms with Crippen molar-refractivity contribution in [3.05, 3.63) is 54.4 Å². The second-order valence-corrected chi connectivity index (χ2v) is 5.38. The van der Waals surface area contributed by atoms with Crippen molar-refractivity contribution in [3.8, 4) is 5.75 Å². The van der Waals surface area contributed by atoms with Crippen LogP contribution in [0.25, 0.3) is 0 Å². The van der Waals surface area contributed by atoms with Gasteiger partial charge in [-0.15, -0.1) is 0 Å². The van der Waals surface area contributed by atoms with E-state index < -0.39 is 0 Å². The molecule has 0 atom stereocenters. The number of methoxy groups -OCH3 is 1. The number of rotatable bonds is 5. The lowest BCUT2D eigenvalue weighted by molar-refractivity contribution is 0.206. The standard InChI is InChI=1S/C17H19N3O2/c1-22-16-4-2-3-14(11-16)19-17(21)20(15-5-6-15)12-13-7-9-18-10-8-13/h2-4,7-11,15H,5-6,12H2,1H3,(H,19,21). The summed E-state index contributed by atoms with van der Waals surface area (Å²) < 4.78 is 5.18. The Labute approximate surface area is 129 Å². The zero-order valence-corrected chi connectivity index (χ0v) is 12.5. The molecule has 1 fully saturated rings. The predicted molar refractivity (Wildman–Crippen MR) is 84.8 cm³/mol. The third-order valence-electron chi connectivity index (χ3n) is 3.67. The Balaban J connectivity index is 1.70. The normalized spacial score (nSPS) is 13.5. The summed E-state index contributed by atoms with van der Waals surface area (Å²) in [7, 11) is 1.61. The van der Waals surface area contributed by atoms with E-state index in [0.29, 0.717) is 12.6 Å². The lowest BCUT2D eigenvalue weighted by atomic mass is 10.2. The van der Waals surface area contributed by atoms with Crippen LogP contribution >= 0.6 is 0 Å². The van der Waals surface area contributed by atoms with E-state index in [1.54, 1.807) is 19.5 Å². The number of hydrogen-bond acceptors (Lipinski definition) is 3. The topological polar surface area (TPSA) is 54.5 Å². The highest BCUT2D eigenvalue weighted by atomic mass is 16.5. The Hall–Kier alpha value is -2.56. The van der Waals surface area contributed by atoms with E-state index in [9.17, 15) is 4.79 Å². The van der Waals surface area contributed by atoms with Crippen molar-refractivity contribution in [3.63, 3.8) is 0 Å². The average molecular weight is 297 g/mol. The van der Waals surface area contributed by atoms with Crippen LogP contribution in [-0.4, -0.2) is 29.1 Å². The van der Waals surface area contributed by atoms with Crippen LogP contribution in [0, 0.1) is 0 Å². The molecule has 22 heavy (non-hydrogen) atoms. The number of anilines is 1. The summed E-state index contributed by atoms with van der Waals surface area (Å²) >= 11 is 0. The van der Waals surface area contributed by atoms with Crippen LogP contribution in [-0.2, 0) is 6.54 Å². The Morgan fingerprint density at radius 2 is 2.09 bits per heavy atom. The molecule has 1 aliphatic carbocycles. The number of benzene rings is 1. The molecule has 5 nitrogen and oxygen atoms in total. The first-order chi connectivity index (χ1) is 10.8. The van der Waals surface area contributed by atoms with Crippen molar-refractivity contribution >= 4 is 11.7 Å². The minimum Gasteiger partial charge on any atom is -0.497 e. The number of amides is 2. The van der Waals surface area contributed by atoms with Gasteiger partial charge in [-0.25, -0.2) is 4.79 Å². The molecule has 0 saturated heterocycles. The van der Waals surface area contributed by atoms with Crippen molar-refractivity contribution < 1.29 is 9.53 Å². The van der Waals surface area contributed by atoms with Crippen LogP contribution < -0.4 is 10.1 Å². The molecule has 0 unspecified atom stereocenters. The average Bonchev–Trinajstić information content (AvgIpc) is 3.38. The number of urea groups is 1. The smallest absolute Gasteiger partial charge is 0.322 e. The summed E-state index contributed by atoms with van der Waals surface area (Å²) in [5.41, 5.74) is 1.83. The van der Waals surface area contributed by atoms with E-state index in [-0.39, 0.29) is 6.03 Å². The largest absolute Gasteiger partial charge is 0.497 e. The summed E-state index contributed by atoms with van der Waals surface area (Å²) in [5, 5.41) is 2.95. The van der Waals surface area contributed by atoms with Gasteiger partial charge in [-0.2, -0.15) is 0 Å². The highest BCUT2D eigenvalue weighted by molar-refractivity contribution is 5.90. The number of nitrogens with one attached hydrogen (secondary N) is 1. The van der Waals surface area contributed by atoms with Crippen molar-refractivity contribution in [1.29, 1.82) is 0 Å².